The first-order valence-corrected chi connectivity index (χ1v) is 12.7. The van der Waals surface area contributed by atoms with Crippen molar-refractivity contribution in [3.05, 3.63) is 72.3 Å². The van der Waals surface area contributed by atoms with Crippen LogP contribution in [0.3, 0.4) is 0 Å². The summed E-state index contributed by atoms with van der Waals surface area (Å²) in [7, 11) is 1.63. The molecule has 2 amide bonds. The van der Waals surface area contributed by atoms with Gasteiger partial charge in [-0.2, -0.15) is 0 Å². The van der Waals surface area contributed by atoms with Gasteiger partial charge in [-0.15, -0.1) is 0 Å². The van der Waals surface area contributed by atoms with Crippen molar-refractivity contribution < 1.29 is 9.59 Å². The zero-order valence-corrected chi connectivity index (χ0v) is 21.3. The van der Waals surface area contributed by atoms with Gasteiger partial charge in [0.15, 0.2) is 0 Å². The molecule has 0 radical (unpaired) electrons. The third kappa shape index (κ3) is 5.69. The molecule has 4 aromatic rings. The Morgan fingerprint density at radius 2 is 1.89 bits per heavy atom. The Labute approximate surface area is 220 Å². The van der Waals surface area contributed by atoms with Gasteiger partial charge in [0.1, 0.15) is 18.0 Å². The number of benzene rings is 1. The number of carbonyl (C=O) groups is 2. The highest BCUT2D eigenvalue weighted by atomic mass is 16.2. The fourth-order valence-corrected chi connectivity index (χ4v) is 4.62. The molecule has 1 aliphatic heterocycles. The summed E-state index contributed by atoms with van der Waals surface area (Å²) in [4.78, 5) is 43.6. The summed E-state index contributed by atoms with van der Waals surface area (Å²) in [5, 5.41) is 10.2. The smallest absolute Gasteiger partial charge is 0.251 e. The van der Waals surface area contributed by atoms with Crippen molar-refractivity contribution in [2.45, 2.75) is 19.3 Å². The molecule has 5 rings (SSSR count). The first kappa shape index (κ1) is 25.1. The number of pyridine rings is 2. The molecule has 4 heterocycles. The molecule has 0 atom stereocenters. The molecule has 0 saturated carbocycles. The van der Waals surface area contributed by atoms with Gasteiger partial charge >= 0.3 is 0 Å². The number of hydrogen-bond donors (Lipinski definition) is 3. The number of aromatic nitrogens is 4. The Kier molecular flexibility index (Phi) is 7.67. The van der Waals surface area contributed by atoms with Crippen molar-refractivity contribution in [2.75, 3.05) is 43.9 Å². The van der Waals surface area contributed by atoms with Crippen LogP contribution in [0.1, 0.15) is 28.8 Å². The van der Waals surface area contributed by atoms with Gasteiger partial charge in [-0.05, 0) is 36.6 Å². The van der Waals surface area contributed by atoms with E-state index in [2.05, 4.69) is 35.9 Å². The maximum absolute atomic E-state index is 12.2. The van der Waals surface area contributed by atoms with Crippen LogP contribution < -0.4 is 16.0 Å². The summed E-state index contributed by atoms with van der Waals surface area (Å²) < 4.78 is 0. The Morgan fingerprint density at radius 3 is 2.68 bits per heavy atom. The van der Waals surface area contributed by atoms with Crippen LogP contribution in [0.5, 0.6) is 0 Å². The minimum atomic E-state index is -0.127. The standard InChI is InChI=1S/C28H30N8O2/c1-29-28(38)22-10-12-32-27-19(4-2-5-21(22)27)9-11-30-25-16-23(34-18-35-25)20-7-8-24(33-17-20)31-13-15-36-14-3-6-26(36)37/h2,4-5,7-8,10,12,16-18H,3,6,9,11,13-15H2,1H3,(H,29,38)(H,31,33)(H,30,34,35). The Bertz CT molecular complexity index is 1440. The number of rotatable bonds is 10. The fourth-order valence-electron chi connectivity index (χ4n) is 4.62. The summed E-state index contributed by atoms with van der Waals surface area (Å²) in [5.74, 6) is 1.58. The van der Waals surface area contributed by atoms with Gasteiger partial charge in [-0.3, -0.25) is 14.6 Å². The molecular weight excluding hydrogens is 480 g/mol. The van der Waals surface area contributed by atoms with Crippen molar-refractivity contribution in [1.29, 1.82) is 0 Å². The molecule has 0 bridgehead atoms. The van der Waals surface area contributed by atoms with E-state index >= 15 is 0 Å². The third-order valence-corrected chi connectivity index (χ3v) is 6.61. The maximum Gasteiger partial charge on any atom is 0.251 e. The van der Waals surface area contributed by atoms with Gasteiger partial charge < -0.3 is 20.9 Å². The maximum atomic E-state index is 12.2. The first-order valence-electron chi connectivity index (χ1n) is 12.7. The number of hydrogen-bond acceptors (Lipinski definition) is 8. The molecule has 10 heteroatoms. The van der Waals surface area contributed by atoms with E-state index in [-0.39, 0.29) is 11.8 Å². The summed E-state index contributed by atoms with van der Waals surface area (Å²) in [6.45, 7) is 2.84. The second-order valence-electron chi connectivity index (χ2n) is 9.06. The number of anilines is 2. The lowest BCUT2D eigenvalue weighted by atomic mass is 10.0. The van der Waals surface area contributed by atoms with Crippen LogP contribution in [-0.2, 0) is 11.2 Å². The second kappa shape index (κ2) is 11.6. The SMILES string of the molecule is CNC(=O)c1ccnc2c(CCNc3cc(-c4ccc(NCCN5CCCC5=O)nc4)ncn3)cccc12. The van der Waals surface area contributed by atoms with Gasteiger partial charge in [0.05, 0.1) is 16.8 Å². The van der Waals surface area contributed by atoms with Gasteiger partial charge in [0, 0.05) is 69.1 Å². The third-order valence-electron chi connectivity index (χ3n) is 6.61. The van der Waals surface area contributed by atoms with Crippen molar-refractivity contribution in [3.8, 4) is 11.3 Å². The monoisotopic (exact) mass is 510 g/mol. The molecule has 3 N–H and O–H groups in total. The molecule has 1 fully saturated rings. The number of likely N-dealkylation sites (tertiary alicyclic amines) is 1. The molecule has 1 aromatic carbocycles. The van der Waals surface area contributed by atoms with E-state index in [0.29, 0.717) is 43.9 Å². The zero-order chi connectivity index (χ0) is 26.3. The van der Waals surface area contributed by atoms with Gasteiger partial charge in [0.25, 0.3) is 5.91 Å². The predicted octanol–water partition coefficient (Wildman–Crippen LogP) is 3.14. The highest BCUT2D eigenvalue weighted by Gasteiger charge is 2.19. The largest absolute Gasteiger partial charge is 0.370 e. The average molecular weight is 511 g/mol. The lowest BCUT2D eigenvalue weighted by Gasteiger charge is -2.15. The van der Waals surface area contributed by atoms with E-state index in [9.17, 15) is 9.59 Å². The summed E-state index contributed by atoms with van der Waals surface area (Å²) in [6, 6.07) is 13.4. The molecule has 3 aromatic heterocycles. The number of nitrogens with one attached hydrogen (secondary N) is 3. The van der Waals surface area contributed by atoms with E-state index in [1.165, 1.54) is 6.33 Å². The van der Waals surface area contributed by atoms with Crippen molar-refractivity contribution >= 4 is 34.4 Å². The molecule has 0 spiro atoms. The molecule has 38 heavy (non-hydrogen) atoms. The van der Waals surface area contributed by atoms with Gasteiger partial charge in [-0.25, -0.2) is 15.0 Å². The zero-order valence-electron chi connectivity index (χ0n) is 21.3. The predicted molar refractivity (Wildman–Crippen MR) is 147 cm³/mol. The molecule has 1 aliphatic rings. The number of para-hydroxylation sites is 1. The quantitative estimate of drug-likeness (QED) is 0.297. The molecule has 1 saturated heterocycles. The Morgan fingerprint density at radius 1 is 1.00 bits per heavy atom. The lowest BCUT2D eigenvalue weighted by molar-refractivity contribution is -0.127. The van der Waals surface area contributed by atoms with E-state index in [4.69, 9.17) is 0 Å². The molecular formula is C28H30N8O2. The second-order valence-corrected chi connectivity index (χ2v) is 9.06. The summed E-state index contributed by atoms with van der Waals surface area (Å²) in [6.07, 6.45) is 7.30. The number of amides is 2. The van der Waals surface area contributed by atoms with Crippen LogP contribution in [0.4, 0.5) is 11.6 Å². The van der Waals surface area contributed by atoms with Crippen molar-refractivity contribution in [2.24, 2.45) is 0 Å². The fraction of sp³-hybridized carbons (Fsp3) is 0.286. The molecule has 194 valence electrons. The van der Waals surface area contributed by atoms with Crippen molar-refractivity contribution in [1.82, 2.24) is 30.2 Å². The average Bonchev–Trinajstić information content (AvgIpc) is 3.37. The summed E-state index contributed by atoms with van der Waals surface area (Å²) in [5.41, 5.74) is 4.15. The summed E-state index contributed by atoms with van der Waals surface area (Å²) >= 11 is 0. The normalized spacial score (nSPS) is 13.1. The van der Waals surface area contributed by atoms with E-state index in [0.717, 1.165) is 46.5 Å². The lowest BCUT2D eigenvalue weighted by Crippen LogP contribution is -2.30. The number of fused-ring (bicyclic) bond motifs is 1. The highest BCUT2D eigenvalue weighted by Crippen LogP contribution is 2.22. The number of nitrogens with zero attached hydrogens (tertiary/aromatic N) is 5. The van der Waals surface area contributed by atoms with Gasteiger partial charge in [0.2, 0.25) is 5.91 Å². The molecule has 0 unspecified atom stereocenters. The Balaban J connectivity index is 1.18. The van der Waals surface area contributed by atoms with E-state index in [1.54, 1.807) is 25.5 Å². The van der Waals surface area contributed by atoms with Crippen LogP contribution in [0, 0.1) is 0 Å². The van der Waals surface area contributed by atoms with Crippen molar-refractivity contribution in [3.63, 3.8) is 0 Å². The molecule has 10 nitrogen and oxygen atoms in total. The van der Waals surface area contributed by atoms with Gasteiger partial charge in [-0.1, -0.05) is 18.2 Å². The van der Waals surface area contributed by atoms with Crippen LogP contribution in [-0.4, -0.2) is 69.9 Å². The van der Waals surface area contributed by atoms with Crippen LogP contribution >= 0.6 is 0 Å². The van der Waals surface area contributed by atoms with Crippen LogP contribution in [0.25, 0.3) is 22.2 Å². The van der Waals surface area contributed by atoms with Crippen LogP contribution in [0.15, 0.2) is 61.2 Å². The van der Waals surface area contributed by atoms with E-state index in [1.807, 2.05) is 41.3 Å². The van der Waals surface area contributed by atoms with Crippen LogP contribution in [0.2, 0.25) is 0 Å². The molecule has 0 aliphatic carbocycles. The Hall–Kier alpha value is -4.60. The topological polar surface area (TPSA) is 125 Å². The number of carbonyl (C=O) groups excluding carboxylic acids is 2. The minimum absolute atomic E-state index is 0.127. The van der Waals surface area contributed by atoms with E-state index < -0.39 is 0 Å². The first-order chi connectivity index (χ1) is 18.6. The minimum Gasteiger partial charge on any atom is -0.370 e. The highest BCUT2D eigenvalue weighted by molar-refractivity contribution is 6.06.